The van der Waals surface area contributed by atoms with Gasteiger partial charge in [-0.25, -0.2) is 0 Å². The van der Waals surface area contributed by atoms with E-state index >= 15 is 0 Å². The van der Waals surface area contributed by atoms with Crippen molar-refractivity contribution >= 4 is 12.7 Å². The molecule has 0 heterocycles. The second-order valence-corrected chi connectivity index (χ2v) is 6.45. The van der Waals surface area contributed by atoms with Crippen molar-refractivity contribution in [1.29, 1.82) is 0 Å². The third-order valence-corrected chi connectivity index (χ3v) is 5.62. The minimum Gasteiger partial charge on any atom is -0.340 e. The Morgan fingerprint density at radius 3 is 2.60 bits per heavy atom. The van der Waals surface area contributed by atoms with Crippen LogP contribution in [0.2, 0.25) is 0 Å². The lowest BCUT2D eigenvalue weighted by atomic mass is 10.4. The van der Waals surface area contributed by atoms with Crippen LogP contribution in [0.4, 0.5) is 0 Å². The molecule has 0 aromatic heterocycles. The predicted molar refractivity (Wildman–Crippen MR) is 61.1 cm³/mol. The molecule has 1 fully saturated rings. The first-order chi connectivity index (χ1) is 7.02. The van der Waals surface area contributed by atoms with E-state index < -0.39 is 12.6 Å². The van der Waals surface area contributed by atoms with Gasteiger partial charge >= 0.3 is 0 Å². The van der Waals surface area contributed by atoms with Crippen molar-refractivity contribution in [3.8, 4) is 0 Å². The molecule has 0 amide bonds. The maximum atomic E-state index is 12.3. The predicted octanol–water partition coefficient (Wildman–Crippen LogP) is 1.44. The van der Waals surface area contributed by atoms with Crippen molar-refractivity contribution < 1.29 is 9.46 Å². The summed E-state index contributed by atoms with van der Waals surface area (Å²) in [4.78, 5) is 10.1. The van der Waals surface area contributed by atoms with Crippen molar-refractivity contribution in [3.05, 3.63) is 43.0 Å². The zero-order valence-corrected chi connectivity index (χ0v) is 9.23. The highest BCUT2D eigenvalue weighted by molar-refractivity contribution is 7.68. The fourth-order valence-electron chi connectivity index (χ4n) is 1.80. The molecule has 1 aromatic carbocycles. The molecule has 1 saturated carbocycles. The molecule has 1 aliphatic carbocycles. The van der Waals surface area contributed by atoms with Crippen LogP contribution in [0, 0.1) is 5.92 Å². The van der Waals surface area contributed by atoms with E-state index in [9.17, 15) is 9.46 Å². The first-order valence-electron chi connectivity index (χ1n) is 4.82. The van der Waals surface area contributed by atoms with Crippen LogP contribution in [-0.2, 0) is 4.57 Å². The normalized spacial score (nSPS) is 33.1. The smallest absolute Gasteiger partial charge is 0.249 e. The number of hydrogen-bond donors (Lipinski definition) is 2. The van der Waals surface area contributed by atoms with Crippen molar-refractivity contribution in [1.82, 2.24) is 0 Å². The third kappa shape index (κ3) is 1.48. The summed E-state index contributed by atoms with van der Waals surface area (Å²) in [6, 6.07) is 8.59. The molecule has 2 rings (SSSR count). The second kappa shape index (κ2) is 3.31. The van der Waals surface area contributed by atoms with Crippen LogP contribution in [0.3, 0.4) is 0 Å². The fraction of sp³-hybridized carbons (Fsp3) is 0.273. The SMILES string of the molecule is C=C[C@@H]1C[C@]1(N)P(=O)(O)c1ccccc1. The molecule has 15 heavy (non-hydrogen) atoms. The lowest BCUT2D eigenvalue weighted by Gasteiger charge is -2.19. The van der Waals surface area contributed by atoms with E-state index in [0.29, 0.717) is 11.7 Å². The number of nitrogens with two attached hydrogens (primary N) is 1. The molecule has 0 bridgehead atoms. The van der Waals surface area contributed by atoms with Gasteiger partial charge in [0, 0.05) is 11.2 Å². The minimum absolute atomic E-state index is 0.0476. The highest BCUT2D eigenvalue weighted by Gasteiger charge is 2.62. The monoisotopic (exact) mass is 223 g/mol. The first-order valence-corrected chi connectivity index (χ1v) is 6.48. The molecule has 0 aliphatic heterocycles. The molecule has 1 aliphatic rings. The van der Waals surface area contributed by atoms with Crippen LogP contribution < -0.4 is 11.0 Å². The van der Waals surface area contributed by atoms with Crippen LogP contribution in [0.25, 0.3) is 0 Å². The molecule has 3 atom stereocenters. The lowest BCUT2D eigenvalue weighted by Crippen LogP contribution is -2.29. The molecule has 1 unspecified atom stereocenters. The van der Waals surface area contributed by atoms with E-state index in [2.05, 4.69) is 6.58 Å². The van der Waals surface area contributed by atoms with Gasteiger partial charge in [-0.3, -0.25) is 4.57 Å². The average molecular weight is 223 g/mol. The van der Waals surface area contributed by atoms with E-state index in [1.807, 2.05) is 6.07 Å². The Hall–Kier alpha value is -0.890. The molecular formula is C11H14NO2P. The standard InChI is InChI=1S/C11H14NO2P/c1-2-9-8-11(9,12)15(13,14)10-6-4-3-5-7-10/h2-7,9H,1,8,12H2,(H,13,14)/t9-,11+/m1/s1. The summed E-state index contributed by atoms with van der Waals surface area (Å²) in [6.45, 7) is 3.61. The summed E-state index contributed by atoms with van der Waals surface area (Å²) in [7, 11) is -3.48. The van der Waals surface area contributed by atoms with Gasteiger partial charge in [-0.2, -0.15) is 0 Å². The van der Waals surface area contributed by atoms with Crippen molar-refractivity contribution in [2.75, 3.05) is 0 Å². The summed E-state index contributed by atoms with van der Waals surface area (Å²) in [5.41, 5.74) is 5.93. The van der Waals surface area contributed by atoms with Gasteiger partial charge in [0.2, 0.25) is 7.37 Å². The van der Waals surface area contributed by atoms with Crippen LogP contribution in [-0.4, -0.2) is 10.2 Å². The number of rotatable bonds is 3. The van der Waals surface area contributed by atoms with Crippen LogP contribution in [0.5, 0.6) is 0 Å². The molecule has 1 aromatic rings. The number of hydrogen-bond acceptors (Lipinski definition) is 2. The Morgan fingerprint density at radius 2 is 2.13 bits per heavy atom. The summed E-state index contributed by atoms with van der Waals surface area (Å²) in [6.07, 6.45) is 2.20. The van der Waals surface area contributed by atoms with Crippen LogP contribution in [0.15, 0.2) is 43.0 Å². The largest absolute Gasteiger partial charge is 0.340 e. The minimum atomic E-state index is -3.48. The summed E-state index contributed by atoms with van der Waals surface area (Å²) in [5, 5.41) is -0.562. The summed E-state index contributed by atoms with van der Waals surface area (Å²) >= 11 is 0. The van der Waals surface area contributed by atoms with E-state index in [1.54, 1.807) is 30.3 Å². The molecule has 3 nitrogen and oxygen atoms in total. The van der Waals surface area contributed by atoms with Gasteiger partial charge < -0.3 is 10.6 Å². The molecule has 0 radical (unpaired) electrons. The van der Waals surface area contributed by atoms with E-state index in [4.69, 9.17) is 5.73 Å². The van der Waals surface area contributed by atoms with Crippen LogP contribution in [0.1, 0.15) is 6.42 Å². The first kappa shape index (κ1) is 10.6. The quantitative estimate of drug-likeness (QED) is 0.602. The van der Waals surface area contributed by atoms with E-state index in [1.165, 1.54) is 0 Å². The second-order valence-electron chi connectivity index (χ2n) is 3.95. The summed E-state index contributed by atoms with van der Waals surface area (Å²) in [5.74, 6) is -0.0476. The Kier molecular flexibility index (Phi) is 2.34. The van der Waals surface area contributed by atoms with E-state index in [0.717, 1.165) is 0 Å². The molecular weight excluding hydrogens is 209 g/mol. The highest BCUT2D eigenvalue weighted by atomic mass is 31.2. The molecule has 80 valence electrons. The zero-order valence-electron chi connectivity index (χ0n) is 8.34. The topological polar surface area (TPSA) is 63.3 Å². The van der Waals surface area contributed by atoms with Crippen molar-refractivity contribution in [2.24, 2.45) is 11.7 Å². The molecule has 0 spiro atoms. The van der Waals surface area contributed by atoms with Gasteiger partial charge in [0.15, 0.2) is 0 Å². The molecule has 3 N–H and O–H groups in total. The summed E-state index contributed by atoms with van der Waals surface area (Å²) < 4.78 is 12.3. The lowest BCUT2D eigenvalue weighted by molar-refractivity contribution is 0.470. The van der Waals surface area contributed by atoms with Gasteiger partial charge in [-0.1, -0.05) is 24.3 Å². The van der Waals surface area contributed by atoms with Crippen LogP contribution >= 0.6 is 7.37 Å². The third-order valence-electron chi connectivity index (χ3n) is 2.98. The molecule has 4 heteroatoms. The Balaban J connectivity index is 2.37. The van der Waals surface area contributed by atoms with Crippen molar-refractivity contribution in [3.63, 3.8) is 0 Å². The van der Waals surface area contributed by atoms with Crippen molar-refractivity contribution in [2.45, 2.75) is 11.7 Å². The Morgan fingerprint density at radius 1 is 1.53 bits per heavy atom. The molecule has 0 saturated heterocycles. The fourth-order valence-corrected chi connectivity index (χ4v) is 3.86. The van der Waals surface area contributed by atoms with Gasteiger partial charge in [0.1, 0.15) is 5.28 Å². The van der Waals surface area contributed by atoms with Gasteiger partial charge in [-0.05, 0) is 18.6 Å². The van der Waals surface area contributed by atoms with Gasteiger partial charge in [0.25, 0.3) is 0 Å². The number of benzene rings is 1. The average Bonchev–Trinajstić information content (AvgIpc) is 2.93. The van der Waals surface area contributed by atoms with Gasteiger partial charge in [0.05, 0.1) is 0 Å². The van der Waals surface area contributed by atoms with Gasteiger partial charge in [-0.15, -0.1) is 6.58 Å². The highest BCUT2D eigenvalue weighted by Crippen LogP contribution is 2.66. The zero-order chi connectivity index (χ0) is 11.1. The Bertz CT molecular complexity index is 431. The van der Waals surface area contributed by atoms with E-state index in [-0.39, 0.29) is 5.92 Å². The maximum absolute atomic E-state index is 12.3. The Labute approximate surface area is 89.1 Å². The maximum Gasteiger partial charge on any atom is 0.249 e.